The number of carbonyl (C=O) groups is 2. The van der Waals surface area contributed by atoms with Crippen LogP contribution in [0.5, 0.6) is 5.75 Å². The van der Waals surface area contributed by atoms with Gasteiger partial charge in [-0.25, -0.2) is 9.59 Å². The van der Waals surface area contributed by atoms with Crippen LogP contribution in [-0.2, 0) is 14.3 Å². The zero-order valence-electron chi connectivity index (χ0n) is 17.4. The van der Waals surface area contributed by atoms with Crippen molar-refractivity contribution in [3.8, 4) is 28.4 Å². The monoisotopic (exact) mass is 414 g/mol. The molecule has 1 aromatic heterocycles. The summed E-state index contributed by atoms with van der Waals surface area (Å²) >= 11 is 0. The molecule has 31 heavy (non-hydrogen) atoms. The zero-order chi connectivity index (χ0) is 22.4. The number of carbonyl (C=O) groups excluding carboxylic acids is 2. The van der Waals surface area contributed by atoms with Gasteiger partial charge in [-0.1, -0.05) is 37.4 Å². The first-order valence-electron chi connectivity index (χ1n) is 9.55. The van der Waals surface area contributed by atoms with E-state index in [1.807, 2.05) is 48.5 Å². The lowest BCUT2D eigenvalue weighted by Gasteiger charge is -2.04. The molecule has 0 amide bonds. The van der Waals surface area contributed by atoms with E-state index in [1.54, 1.807) is 32.1 Å². The highest BCUT2D eigenvalue weighted by molar-refractivity contribution is 5.89. The van der Waals surface area contributed by atoms with E-state index in [9.17, 15) is 9.59 Å². The summed E-state index contributed by atoms with van der Waals surface area (Å²) in [4.78, 5) is 23.0. The molecule has 0 aliphatic rings. The number of esters is 2. The van der Waals surface area contributed by atoms with E-state index in [0.717, 1.165) is 22.5 Å². The Morgan fingerprint density at radius 2 is 1.29 bits per heavy atom. The Bertz CT molecular complexity index is 1150. The molecule has 5 heteroatoms. The van der Waals surface area contributed by atoms with E-state index >= 15 is 0 Å². The molecule has 2 aromatic carbocycles. The molecule has 0 saturated carbocycles. The Balaban J connectivity index is 1.67. The molecule has 0 saturated heterocycles. The summed E-state index contributed by atoms with van der Waals surface area (Å²) in [5.74, 6) is 0.944. The summed E-state index contributed by atoms with van der Waals surface area (Å²) in [6.07, 6.45) is 3.04. The summed E-state index contributed by atoms with van der Waals surface area (Å²) < 4.78 is 16.1. The van der Waals surface area contributed by atoms with Gasteiger partial charge in [-0.15, -0.1) is 0 Å². The summed E-state index contributed by atoms with van der Waals surface area (Å²) in [5, 5.41) is 0. The van der Waals surface area contributed by atoms with Crippen molar-refractivity contribution in [1.29, 1.82) is 0 Å². The van der Waals surface area contributed by atoms with Crippen LogP contribution in [0.4, 0.5) is 0 Å². The van der Waals surface area contributed by atoms with Crippen LogP contribution in [0.25, 0.3) is 28.7 Å². The fourth-order valence-corrected chi connectivity index (χ4v) is 2.56. The summed E-state index contributed by atoms with van der Waals surface area (Å²) in [5.41, 5.74) is 3.34. The number of benzene rings is 2. The van der Waals surface area contributed by atoms with Crippen molar-refractivity contribution in [3.05, 3.63) is 96.8 Å². The van der Waals surface area contributed by atoms with Crippen molar-refractivity contribution in [3.63, 3.8) is 0 Å². The zero-order valence-corrected chi connectivity index (χ0v) is 17.4. The van der Waals surface area contributed by atoms with Crippen LogP contribution in [0, 0.1) is 0 Å². The van der Waals surface area contributed by atoms with Crippen LogP contribution < -0.4 is 4.74 Å². The quantitative estimate of drug-likeness (QED) is 0.200. The average molecular weight is 414 g/mol. The third kappa shape index (κ3) is 5.70. The minimum absolute atomic E-state index is 0.342. The van der Waals surface area contributed by atoms with E-state index in [4.69, 9.17) is 13.9 Å². The summed E-state index contributed by atoms with van der Waals surface area (Å²) in [7, 11) is 0. The van der Waals surface area contributed by atoms with Gasteiger partial charge in [0.25, 0.3) is 0 Å². The molecule has 0 aliphatic carbocycles. The van der Waals surface area contributed by atoms with Crippen LogP contribution in [0.3, 0.4) is 0 Å². The molecule has 0 unspecified atom stereocenters. The molecule has 0 N–H and O–H groups in total. The minimum atomic E-state index is -0.460. The van der Waals surface area contributed by atoms with Crippen molar-refractivity contribution in [2.45, 2.75) is 13.8 Å². The number of rotatable bonds is 7. The first-order valence-corrected chi connectivity index (χ1v) is 9.55. The topological polar surface area (TPSA) is 65.7 Å². The molecule has 0 aliphatic heterocycles. The maximum absolute atomic E-state index is 11.6. The minimum Gasteiger partial charge on any atom is -0.456 e. The molecule has 0 atom stereocenters. The number of hydrogen-bond donors (Lipinski definition) is 0. The van der Waals surface area contributed by atoms with Crippen LogP contribution in [0.15, 0.2) is 95.6 Å². The van der Waals surface area contributed by atoms with Crippen molar-refractivity contribution in [2.24, 2.45) is 0 Å². The molecule has 5 nitrogen and oxygen atoms in total. The van der Waals surface area contributed by atoms with Gasteiger partial charge in [-0.2, -0.15) is 0 Å². The molecule has 0 fully saturated rings. The largest absolute Gasteiger partial charge is 0.456 e. The summed E-state index contributed by atoms with van der Waals surface area (Å²) in [6.45, 7) is 10.3. The van der Waals surface area contributed by atoms with Crippen molar-refractivity contribution < 1.29 is 23.5 Å². The smallest absolute Gasteiger partial charge is 0.338 e. The lowest BCUT2D eigenvalue weighted by atomic mass is 10.1. The van der Waals surface area contributed by atoms with Gasteiger partial charge in [0.1, 0.15) is 17.3 Å². The lowest BCUT2D eigenvalue weighted by Crippen LogP contribution is -2.07. The van der Waals surface area contributed by atoms with Gasteiger partial charge in [0, 0.05) is 22.3 Å². The van der Waals surface area contributed by atoms with Crippen LogP contribution >= 0.6 is 0 Å². The fourth-order valence-electron chi connectivity index (χ4n) is 2.56. The fraction of sp³-hybridized carbons (Fsp3) is 0.0769. The number of furan rings is 1. The Labute approximate surface area is 180 Å². The molecule has 0 radical (unpaired) electrons. The Morgan fingerprint density at radius 1 is 0.774 bits per heavy atom. The van der Waals surface area contributed by atoms with E-state index in [-0.39, 0.29) is 0 Å². The van der Waals surface area contributed by atoms with E-state index < -0.39 is 11.9 Å². The molecule has 3 rings (SSSR count). The highest BCUT2D eigenvalue weighted by atomic mass is 16.5. The van der Waals surface area contributed by atoms with E-state index in [0.29, 0.717) is 22.7 Å². The Morgan fingerprint density at radius 3 is 1.81 bits per heavy atom. The van der Waals surface area contributed by atoms with Crippen LogP contribution in [0.1, 0.15) is 19.4 Å². The maximum atomic E-state index is 11.6. The first kappa shape index (κ1) is 21.6. The third-order valence-electron chi connectivity index (χ3n) is 4.28. The first-order chi connectivity index (χ1) is 14.8. The van der Waals surface area contributed by atoms with Gasteiger partial charge in [-0.3, -0.25) is 0 Å². The molecule has 1 heterocycles. The highest BCUT2D eigenvalue weighted by Gasteiger charge is 2.09. The summed E-state index contributed by atoms with van der Waals surface area (Å²) in [6, 6.07) is 18.5. The van der Waals surface area contributed by atoms with Gasteiger partial charge in [-0.05, 0) is 61.9 Å². The maximum Gasteiger partial charge on any atom is 0.338 e. The van der Waals surface area contributed by atoms with Gasteiger partial charge in [0.2, 0.25) is 0 Å². The predicted octanol–water partition coefficient (Wildman–Crippen LogP) is 6.19. The second-order valence-corrected chi connectivity index (χ2v) is 6.97. The van der Waals surface area contributed by atoms with Gasteiger partial charge in [0.15, 0.2) is 0 Å². The normalized spacial score (nSPS) is 10.6. The van der Waals surface area contributed by atoms with Crippen LogP contribution in [-0.4, -0.2) is 11.9 Å². The van der Waals surface area contributed by atoms with E-state index in [2.05, 4.69) is 13.2 Å². The van der Waals surface area contributed by atoms with Gasteiger partial charge >= 0.3 is 11.9 Å². The SMILES string of the molecule is C=C(C)C(=O)O/C=C/c1ccc(-c2ccc(-c3ccc(OC(=O)C(=C)C)cc3)o2)cc1. The number of ether oxygens (including phenoxy) is 2. The number of hydrogen-bond acceptors (Lipinski definition) is 5. The Hall–Kier alpha value is -4.12. The predicted molar refractivity (Wildman–Crippen MR) is 120 cm³/mol. The molecular formula is C26H22O5. The lowest BCUT2D eigenvalue weighted by molar-refractivity contribution is -0.133. The molecular weight excluding hydrogens is 392 g/mol. The van der Waals surface area contributed by atoms with Crippen molar-refractivity contribution >= 4 is 18.0 Å². The molecule has 156 valence electrons. The van der Waals surface area contributed by atoms with Gasteiger partial charge in [0.05, 0.1) is 6.26 Å². The molecule has 0 spiro atoms. The third-order valence-corrected chi connectivity index (χ3v) is 4.28. The van der Waals surface area contributed by atoms with Crippen LogP contribution in [0.2, 0.25) is 0 Å². The van der Waals surface area contributed by atoms with Crippen molar-refractivity contribution in [1.82, 2.24) is 0 Å². The standard InChI is InChI=1S/C26H22O5/c1-17(2)25(27)29-16-15-19-5-7-20(8-6-19)23-13-14-24(31-23)21-9-11-22(12-10-21)30-26(28)18(3)4/h5-16H,1,3H2,2,4H3/b16-15+. The highest BCUT2D eigenvalue weighted by Crippen LogP contribution is 2.30. The van der Waals surface area contributed by atoms with Gasteiger partial charge < -0.3 is 13.9 Å². The molecule has 0 bridgehead atoms. The van der Waals surface area contributed by atoms with Crippen molar-refractivity contribution in [2.75, 3.05) is 0 Å². The average Bonchev–Trinajstić information content (AvgIpc) is 3.24. The molecule has 3 aromatic rings. The second-order valence-electron chi connectivity index (χ2n) is 6.97. The second kappa shape index (κ2) is 9.59. The van der Waals surface area contributed by atoms with E-state index in [1.165, 1.54) is 6.26 Å². The Kier molecular flexibility index (Phi) is 6.67.